The summed E-state index contributed by atoms with van der Waals surface area (Å²) in [6, 6.07) is 2.79. The second-order valence-corrected chi connectivity index (χ2v) is 4.00. The number of benzene rings is 1. The molecule has 1 atom stereocenters. The molecule has 0 aromatic heterocycles. The highest BCUT2D eigenvalue weighted by Crippen LogP contribution is 2.22. The molecule has 0 fully saturated rings. The Morgan fingerprint density at radius 2 is 1.76 bits per heavy atom. The van der Waals surface area contributed by atoms with Crippen molar-refractivity contribution in [3.63, 3.8) is 0 Å². The number of halogens is 2. The third kappa shape index (κ3) is 3.09. The Morgan fingerprint density at radius 3 is 2.18 bits per heavy atom. The number of Topliss-reactive ketones (excluding diaryl/α,β-unsaturated/α-hetero) is 1. The number of ketones is 1. The van der Waals surface area contributed by atoms with Crippen LogP contribution < -0.4 is 0 Å². The molecular weight excluding hydrogens is 226 g/mol. The van der Waals surface area contributed by atoms with E-state index in [1.54, 1.807) is 20.8 Å². The molecule has 0 heterocycles. The zero-order valence-electron chi connectivity index (χ0n) is 10.2. The van der Waals surface area contributed by atoms with Crippen molar-refractivity contribution in [1.82, 2.24) is 0 Å². The van der Waals surface area contributed by atoms with Crippen LogP contribution in [-0.4, -0.2) is 18.0 Å². The third-order valence-corrected chi connectivity index (χ3v) is 2.74. The quantitative estimate of drug-likeness (QED) is 0.740. The first kappa shape index (κ1) is 13.8. The molecule has 0 saturated heterocycles. The molecular formula is C13H16F2O2. The van der Waals surface area contributed by atoms with E-state index in [0.717, 1.165) is 18.2 Å². The van der Waals surface area contributed by atoms with Gasteiger partial charge in [-0.3, -0.25) is 4.79 Å². The summed E-state index contributed by atoms with van der Waals surface area (Å²) < 4.78 is 31.4. The van der Waals surface area contributed by atoms with Gasteiger partial charge in [-0.05, 0) is 32.4 Å². The van der Waals surface area contributed by atoms with Crippen LogP contribution in [0.2, 0.25) is 0 Å². The molecule has 0 amide bonds. The molecule has 0 bridgehead atoms. The van der Waals surface area contributed by atoms with E-state index in [1.165, 1.54) is 0 Å². The van der Waals surface area contributed by atoms with E-state index in [-0.39, 0.29) is 5.56 Å². The predicted octanol–water partition coefficient (Wildman–Crippen LogP) is 3.35. The molecule has 2 nitrogen and oxygen atoms in total. The molecule has 0 aliphatic heterocycles. The SMILES string of the molecule is CCOC(C)(CC)C(=O)c1cc(F)cc(F)c1. The minimum atomic E-state index is -1.03. The number of carbonyl (C=O) groups is 1. The van der Waals surface area contributed by atoms with Gasteiger partial charge in [0.1, 0.15) is 17.2 Å². The van der Waals surface area contributed by atoms with Gasteiger partial charge in [-0.15, -0.1) is 0 Å². The van der Waals surface area contributed by atoms with Crippen LogP contribution in [-0.2, 0) is 4.74 Å². The highest BCUT2D eigenvalue weighted by Gasteiger charge is 2.33. The lowest BCUT2D eigenvalue weighted by molar-refractivity contribution is -0.0116. The molecule has 4 heteroatoms. The van der Waals surface area contributed by atoms with E-state index in [4.69, 9.17) is 4.74 Å². The minimum Gasteiger partial charge on any atom is -0.367 e. The predicted molar refractivity (Wildman–Crippen MR) is 61.0 cm³/mol. The third-order valence-electron chi connectivity index (χ3n) is 2.74. The molecule has 1 unspecified atom stereocenters. The molecule has 0 saturated carbocycles. The fourth-order valence-electron chi connectivity index (χ4n) is 1.64. The summed E-state index contributed by atoms with van der Waals surface area (Å²) in [5.74, 6) is -1.92. The van der Waals surface area contributed by atoms with Crippen LogP contribution in [0.25, 0.3) is 0 Å². The topological polar surface area (TPSA) is 26.3 Å². The fourth-order valence-corrected chi connectivity index (χ4v) is 1.64. The van der Waals surface area contributed by atoms with Crippen molar-refractivity contribution in [3.05, 3.63) is 35.4 Å². The lowest BCUT2D eigenvalue weighted by atomic mass is 9.92. The van der Waals surface area contributed by atoms with Gasteiger partial charge in [0.2, 0.25) is 0 Å². The first-order chi connectivity index (χ1) is 7.92. The Morgan fingerprint density at radius 1 is 1.24 bits per heavy atom. The van der Waals surface area contributed by atoms with Crippen LogP contribution in [0.3, 0.4) is 0 Å². The van der Waals surface area contributed by atoms with E-state index in [9.17, 15) is 13.6 Å². The summed E-state index contributed by atoms with van der Waals surface area (Å²) in [6.07, 6.45) is 0.442. The molecule has 0 radical (unpaired) electrons. The zero-order chi connectivity index (χ0) is 13.1. The monoisotopic (exact) mass is 242 g/mol. The van der Waals surface area contributed by atoms with E-state index in [0.29, 0.717) is 13.0 Å². The molecule has 17 heavy (non-hydrogen) atoms. The van der Waals surface area contributed by atoms with Crippen molar-refractivity contribution < 1.29 is 18.3 Å². The Balaban J connectivity index is 3.10. The number of hydrogen-bond acceptors (Lipinski definition) is 2. The molecule has 0 aliphatic rings. The van der Waals surface area contributed by atoms with Crippen LogP contribution in [0.4, 0.5) is 8.78 Å². The van der Waals surface area contributed by atoms with Gasteiger partial charge in [-0.1, -0.05) is 6.92 Å². The van der Waals surface area contributed by atoms with Crippen LogP contribution in [0.15, 0.2) is 18.2 Å². The largest absolute Gasteiger partial charge is 0.367 e. The van der Waals surface area contributed by atoms with E-state index < -0.39 is 23.0 Å². The smallest absolute Gasteiger partial charge is 0.194 e. The Hall–Kier alpha value is -1.29. The fraction of sp³-hybridized carbons (Fsp3) is 0.462. The Kier molecular flexibility index (Phi) is 4.34. The van der Waals surface area contributed by atoms with Gasteiger partial charge in [0.15, 0.2) is 5.78 Å². The van der Waals surface area contributed by atoms with Crippen LogP contribution in [0, 0.1) is 11.6 Å². The summed E-state index contributed by atoms with van der Waals surface area (Å²) >= 11 is 0. The van der Waals surface area contributed by atoms with Gasteiger partial charge in [0.05, 0.1) is 0 Å². The van der Waals surface area contributed by atoms with Crippen LogP contribution >= 0.6 is 0 Å². The second-order valence-electron chi connectivity index (χ2n) is 4.00. The second kappa shape index (κ2) is 5.36. The van der Waals surface area contributed by atoms with Gasteiger partial charge in [-0.2, -0.15) is 0 Å². The number of carbonyl (C=O) groups excluding carboxylic acids is 1. The van der Waals surface area contributed by atoms with Gasteiger partial charge in [0.25, 0.3) is 0 Å². The van der Waals surface area contributed by atoms with Gasteiger partial charge in [0, 0.05) is 18.2 Å². The first-order valence-electron chi connectivity index (χ1n) is 5.57. The van der Waals surface area contributed by atoms with Gasteiger partial charge < -0.3 is 4.74 Å². The highest BCUT2D eigenvalue weighted by molar-refractivity contribution is 6.02. The van der Waals surface area contributed by atoms with Gasteiger partial charge in [-0.25, -0.2) is 8.78 Å². The maximum absolute atomic E-state index is 13.0. The minimum absolute atomic E-state index is 0.000278. The maximum atomic E-state index is 13.0. The first-order valence-corrected chi connectivity index (χ1v) is 5.57. The van der Waals surface area contributed by atoms with Crippen LogP contribution in [0.5, 0.6) is 0 Å². The average Bonchev–Trinajstić information content (AvgIpc) is 2.27. The molecule has 0 aliphatic carbocycles. The van der Waals surface area contributed by atoms with Crippen molar-refractivity contribution in [3.8, 4) is 0 Å². The van der Waals surface area contributed by atoms with Crippen LogP contribution in [0.1, 0.15) is 37.6 Å². The molecule has 0 spiro atoms. The average molecular weight is 242 g/mol. The molecule has 1 aromatic rings. The van der Waals surface area contributed by atoms with E-state index in [1.807, 2.05) is 0 Å². The normalized spacial score (nSPS) is 14.4. The molecule has 1 rings (SSSR count). The van der Waals surface area contributed by atoms with E-state index in [2.05, 4.69) is 0 Å². The van der Waals surface area contributed by atoms with Crippen molar-refractivity contribution in [2.24, 2.45) is 0 Å². The van der Waals surface area contributed by atoms with Gasteiger partial charge >= 0.3 is 0 Å². The Bertz CT molecular complexity index is 398. The molecule has 1 aromatic carbocycles. The van der Waals surface area contributed by atoms with Crippen molar-refractivity contribution in [2.45, 2.75) is 32.8 Å². The standard InChI is InChI=1S/C13H16F2O2/c1-4-13(3,17-5-2)12(16)9-6-10(14)8-11(15)7-9/h6-8H,4-5H2,1-3H3. The molecule has 0 N–H and O–H groups in total. The summed E-state index contributed by atoms with van der Waals surface area (Å²) in [6.45, 7) is 5.56. The zero-order valence-corrected chi connectivity index (χ0v) is 10.2. The lowest BCUT2D eigenvalue weighted by Crippen LogP contribution is -2.38. The van der Waals surface area contributed by atoms with Crippen molar-refractivity contribution in [2.75, 3.05) is 6.61 Å². The summed E-state index contributed by atoms with van der Waals surface area (Å²) in [7, 11) is 0. The summed E-state index contributed by atoms with van der Waals surface area (Å²) in [4.78, 5) is 12.1. The maximum Gasteiger partial charge on any atom is 0.194 e. The van der Waals surface area contributed by atoms with Crippen molar-refractivity contribution in [1.29, 1.82) is 0 Å². The number of hydrogen-bond donors (Lipinski definition) is 0. The summed E-state index contributed by atoms with van der Waals surface area (Å²) in [5.41, 5.74) is -1.03. The van der Waals surface area contributed by atoms with Crippen molar-refractivity contribution >= 4 is 5.78 Å². The summed E-state index contributed by atoms with van der Waals surface area (Å²) in [5, 5.41) is 0. The Labute approximate surface area is 99.6 Å². The van der Waals surface area contributed by atoms with E-state index >= 15 is 0 Å². The highest BCUT2D eigenvalue weighted by atomic mass is 19.1. The lowest BCUT2D eigenvalue weighted by Gasteiger charge is -2.26. The molecule has 94 valence electrons. The number of rotatable bonds is 5. The number of ether oxygens (including phenoxy) is 1.